The predicted octanol–water partition coefficient (Wildman–Crippen LogP) is 3.82. The summed E-state index contributed by atoms with van der Waals surface area (Å²) in [5.41, 5.74) is -3.08. The minimum Gasteiger partial charge on any atom is -0.356 e. The number of para-hydroxylation sites is 1. The number of halogens is 3. The fraction of sp³-hybridized carbons (Fsp3) is 0.250. The van der Waals surface area contributed by atoms with Crippen molar-refractivity contribution in [2.75, 3.05) is 18.1 Å². The summed E-state index contributed by atoms with van der Waals surface area (Å²) in [5, 5.41) is 0. The Balaban J connectivity index is 1.71. The Labute approximate surface area is 147 Å². The van der Waals surface area contributed by atoms with E-state index in [9.17, 15) is 21.6 Å². The second kappa shape index (κ2) is 5.65. The molecule has 132 valence electrons. The van der Waals surface area contributed by atoms with Gasteiger partial charge in [0.25, 0.3) is 0 Å². The fourth-order valence-corrected chi connectivity index (χ4v) is 5.67. The molecule has 2 aliphatic heterocycles. The molecule has 0 spiro atoms. The van der Waals surface area contributed by atoms with E-state index in [4.69, 9.17) is 0 Å². The second-order valence-electron chi connectivity index (χ2n) is 5.85. The molecule has 9 heteroatoms. The summed E-state index contributed by atoms with van der Waals surface area (Å²) in [5.74, 6) is 0. The van der Waals surface area contributed by atoms with Gasteiger partial charge in [0.2, 0.25) is 10.0 Å². The largest absolute Gasteiger partial charge is 0.446 e. The Bertz CT molecular complexity index is 917. The van der Waals surface area contributed by atoms with Crippen LogP contribution in [-0.4, -0.2) is 31.4 Å². The van der Waals surface area contributed by atoms with Crippen molar-refractivity contribution in [3.8, 4) is 0 Å². The second-order valence-corrected chi connectivity index (χ2v) is 8.85. The third kappa shape index (κ3) is 2.90. The number of benzene rings is 2. The molecule has 2 heterocycles. The van der Waals surface area contributed by atoms with Crippen molar-refractivity contribution in [3.05, 3.63) is 54.1 Å². The van der Waals surface area contributed by atoms with Crippen molar-refractivity contribution < 1.29 is 21.6 Å². The molecule has 2 aliphatic rings. The lowest BCUT2D eigenvalue weighted by atomic mass is 10.1. The first kappa shape index (κ1) is 16.7. The molecule has 0 radical (unpaired) electrons. The first-order valence-corrected chi connectivity index (χ1v) is 9.73. The monoisotopic (exact) mass is 386 g/mol. The number of thioether (sulfide) groups is 1. The van der Waals surface area contributed by atoms with Gasteiger partial charge in [-0.15, -0.1) is 0 Å². The minimum atomic E-state index is -4.41. The molecular formula is C16H13F3N2O2S2. The van der Waals surface area contributed by atoms with Crippen molar-refractivity contribution in [2.24, 2.45) is 0 Å². The summed E-state index contributed by atoms with van der Waals surface area (Å²) in [6.07, 6.45) is 0. The highest BCUT2D eigenvalue weighted by Crippen LogP contribution is 2.46. The van der Waals surface area contributed by atoms with E-state index in [0.29, 0.717) is 12.1 Å². The maximum absolute atomic E-state index is 12.7. The highest BCUT2D eigenvalue weighted by Gasteiger charge is 2.48. The highest BCUT2D eigenvalue weighted by atomic mass is 32.2. The molecule has 1 unspecified atom stereocenters. The average molecular weight is 386 g/mol. The third-order valence-electron chi connectivity index (χ3n) is 4.33. The Hall–Kier alpha value is -1.71. The van der Waals surface area contributed by atoms with Gasteiger partial charge in [-0.2, -0.15) is 17.5 Å². The van der Waals surface area contributed by atoms with Crippen LogP contribution in [0.15, 0.2) is 58.3 Å². The van der Waals surface area contributed by atoms with Gasteiger partial charge in [0.05, 0.1) is 17.6 Å². The van der Waals surface area contributed by atoms with Crippen LogP contribution < -0.4 is 4.90 Å². The number of fused-ring (bicyclic) bond motifs is 3. The number of rotatable bonds is 2. The summed E-state index contributed by atoms with van der Waals surface area (Å²) < 4.78 is 64.6. The lowest BCUT2D eigenvalue weighted by molar-refractivity contribution is -0.0328. The molecule has 0 aliphatic carbocycles. The van der Waals surface area contributed by atoms with Gasteiger partial charge in [-0.25, -0.2) is 8.42 Å². The average Bonchev–Trinajstić information content (AvgIpc) is 3.06. The van der Waals surface area contributed by atoms with E-state index in [1.165, 1.54) is 22.5 Å². The lowest BCUT2D eigenvalue weighted by Crippen LogP contribution is -2.28. The van der Waals surface area contributed by atoms with Crippen molar-refractivity contribution in [3.63, 3.8) is 0 Å². The van der Waals surface area contributed by atoms with Crippen molar-refractivity contribution in [2.45, 2.75) is 21.3 Å². The normalized spacial score (nSPS) is 22.0. The van der Waals surface area contributed by atoms with Gasteiger partial charge in [-0.3, -0.25) is 0 Å². The standard InChI is InChI=1S/C16H13F3N2O2S2/c17-16(18,19)24-12-6-7-15-13(8-12)14-9-20(10-21(14)25(15,22)23)11-4-2-1-3-5-11/h1-8,14H,9-10H2. The summed E-state index contributed by atoms with van der Waals surface area (Å²) in [4.78, 5) is 2.02. The van der Waals surface area contributed by atoms with E-state index >= 15 is 0 Å². The van der Waals surface area contributed by atoms with E-state index in [-0.39, 0.29) is 28.2 Å². The fourth-order valence-electron chi connectivity index (χ4n) is 3.29. The molecule has 0 N–H and O–H groups in total. The maximum atomic E-state index is 12.7. The van der Waals surface area contributed by atoms with Crippen LogP contribution in [0.5, 0.6) is 0 Å². The summed E-state index contributed by atoms with van der Waals surface area (Å²) >= 11 is -0.229. The van der Waals surface area contributed by atoms with E-state index < -0.39 is 21.6 Å². The zero-order valence-electron chi connectivity index (χ0n) is 12.8. The quantitative estimate of drug-likeness (QED) is 0.736. The van der Waals surface area contributed by atoms with E-state index in [2.05, 4.69) is 0 Å². The molecule has 2 aromatic rings. The first-order valence-electron chi connectivity index (χ1n) is 7.47. The molecule has 0 aromatic heterocycles. The molecular weight excluding hydrogens is 373 g/mol. The highest BCUT2D eigenvalue weighted by molar-refractivity contribution is 8.00. The van der Waals surface area contributed by atoms with Crippen molar-refractivity contribution in [1.82, 2.24) is 4.31 Å². The van der Waals surface area contributed by atoms with Gasteiger partial charge in [-0.1, -0.05) is 18.2 Å². The predicted molar refractivity (Wildman–Crippen MR) is 88.8 cm³/mol. The summed E-state index contributed by atoms with van der Waals surface area (Å²) in [6, 6.07) is 12.7. The number of hydrogen-bond donors (Lipinski definition) is 0. The number of sulfonamides is 1. The Morgan fingerprint density at radius 3 is 2.48 bits per heavy atom. The van der Waals surface area contributed by atoms with Crippen LogP contribution in [0.4, 0.5) is 18.9 Å². The molecule has 0 saturated carbocycles. The molecule has 0 bridgehead atoms. The van der Waals surface area contributed by atoms with Gasteiger partial charge in [0.15, 0.2) is 0 Å². The van der Waals surface area contributed by atoms with Crippen LogP contribution in [0.2, 0.25) is 0 Å². The SMILES string of the molecule is O=S1(=O)c2ccc(SC(F)(F)F)cc2C2CN(c3ccccc3)CN21. The number of hydrogen-bond acceptors (Lipinski definition) is 4. The molecule has 4 rings (SSSR count). The lowest BCUT2D eigenvalue weighted by Gasteiger charge is -2.19. The minimum absolute atomic E-state index is 0.00135. The van der Waals surface area contributed by atoms with Gasteiger partial charge in [0, 0.05) is 17.1 Å². The topological polar surface area (TPSA) is 40.6 Å². The Morgan fingerprint density at radius 1 is 1.08 bits per heavy atom. The molecule has 4 nitrogen and oxygen atoms in total. The maximum Gasteiger partial charge on any atom is 0.446 e. The molecule has 0 amide bonds. The van der Waals surface area contributed by atoms with E-state index in [1.807, 2.05) is 35.2 Å². The zero-order valence-corrected chi connectivity index (χ0v) is 14.4. The summed E-state index contributed by atoms with van der Waals surface area (Å²) in [6.45, 7) is 0.601. The van der Waals surface area contributed by atoms with Crippen molar-refractivity contribution in [1.29, 1.82) is 0 Å². The summed E-state index contributed by atoms with van der Waals surface area (Å²) in [7, 11) is -3.68. The van der Waals surface area contributed by atoms with Crippen LogP contribution in [0.25, 0.3) is 0 Å². The van der Waals surface area contributed by atoms with Gasteiger partial charge in [0.1, 0.15) is 0 Å². The van der Waals surface area contributed by atoms with Gasteiger partial charge < -0.3 is 4.90 Å². The smallest absolute Gasteiger partial charge is 0.356 e. The van der Waals surface area contributed by atoms with Crippen LogP contribution in [0, 0.1) is 0 Å². The Morgan fingerprint density at radius 2 is 1.80 bits per heavy atom. The number of anilines is 1. The molecule has 1 fully saturated rings. The number of nitrogens with zero attached hydrogens (tertiary/aromatic N) is 2. The van der Waals surface area contributed by atoms with Crippen molar-refractivity contribution >= 4 is 27.5 Å². The third-order valence-corrected chi connectivity index (χ3v) is 6.97. The zero-order chi connectivity index (χ0) is 17.8. The van der Waals surface area contributed by atoms with Gasteiger partial charge in [-0.05, 0) is 47.7 Å². The molecule has 2 aromatic carbocycles. The van der Waals surface area contributed by atoms with Crippen LogP contribution in [0.3, 0.4) is 0 Å². The van der Waals surface area contributed by atoms with Crippen LogP contribution in [0.1, 0.15) is 11.6 Å². The molecule has 1 saturated heterocycles. The van der Waals surface area contributed by atoms with E-state index in [0.717, 1.165) is 5.69 Å². The molecule has 1 atom stereocenters. The Kier molecular flexibility index (Phi) is 3.78. The molecule has 25 heavy (non-hydrogen) atoms. The van der Waals surface area contributed by atoms with Gasteiger partial charge >= 0.3 is 5.51 Å². The first-order chi connectivity index (χ1) is 11.8. The number of alkyl halides is 3. The van der Waals surface area contributed by atoms with Crippen LogP contribution in [-0.2, 0) is 10.0 Å². The van der Waals surface area contributed by atoms with Crippen LogP contribution >= 0.6 is 11.8 Å². The van der Waals surface area contributed by atoms with E-state index in [1.54, 1.807) is 0 Å².